The van der Waals surface area contributed by atoms with Gasteiger partial charge in [0.15, 0.2) is 5.82 Å². The Balaban J connectivity index is 1.09. The summed E-state index contributed by atoms with van der Waals surface area (Å²) in [5, 5.41) is 19.9. The van der Waals surface area contributed by atoms with Crippen molar-refractivity contribution in [2.75, 3.05) is 30.3 Å². The molecule has 4 fully saturated rings. The highest BCUT2D eigenvalue weighted by Gasteiger charge is 2.42. The SMILES string of the molecule is O=S(=O)(C1CC1)N1CCC(C#Cc2cnc(Nc3ccnc(-c4cnn(S(=O)(=O)C5CC5)c4)n3)cc2NC2CCC(CO)CC2)C1. The number of rotatable bonds is 10. The van der Waals surface area contributed by atoms with Crippen molar-refractivity contribution in [1.29, 1.82) is 0 Å². The number of pyridine rings is 1. The topological polar surface area (TPSA) is 172 Å². The van der Waals surface area contributed by atoms with E-state index in [-0.39, 0.29) is 29.1 Å². The molecular weight excluding hydrogens is 629 g/mol. The Morgan fingerprint density at radius 1 is 0.913 bits per heavy atom. The molecule has 3 aliphatic carbocycles. The number of aromatic nitrogens is 5. The van der Waals surface area contributed by atoms with Crippen molar-refractivity contribution in [1.82, 2.24) is 28.4 Å². The Kier molecular flexibility index (Phi) is 8.47. The summed E-state index contributed by atoms with van der Waals surface area (Å²) in [6.07, 6.45) is 13.4. The van der Waals surface area contributed by atoms with Gasteiger partial charge >= 0.3 is 0 Å². The average molecular weight is 667 g/mol. The summed E-state index contributed by atoms with van der Waals surface area (Å²) in [5.74, 6) is 8.23. The number of anilines is 3. The highest BCUT2D eigenvalue weighted by molar-refractivity contribution is 7.90. The third-order valence-corrected chi connectivity index (χ3v) is 13.6. The minimum Gasteiger partial charge on any atom is -0.396 e. The lowest BCUT2D eigenvalue weighted by molar-refractivity contribution is 0.186. The van der Waals surface area contributed by atoms with E-state index in [9.17, 15) is 21.9 Å². The molecule has 1 atom stereocenters. The summed E-state index contributed by atoms with van der Waals surface area (Å²) < 4.78 is 53.1. The lowest BCUT2D eigenvalue weighted by atomic mass is 9.86. The second-order valence-electron chi connectivity index (χ2n) is 12.8. The van der Waals surface area contributed by atoms with Crippen LogP contribution >= 0.6 is 0 Å². The fourth-order valence-corrected chi connectivity index (χ4v) is 9.44. The molecule has 15 heteroatoms. The number of hydrogen-bond donors (Lipinski definition) is 3. The Morgan fingerprint density at radius 3 is 2.41 bits per heavy atom. The molecule has 3 N–H and O–H groups in total. The van der Waals surface area contributed by atoms with Crippen LogP contribution in [0.2, 0.25) is 0 Å². The number of sulfonamides is 1. The van der Waals surface area contributed by atoms with E-state index >= 15 is 0 Å². The van der Waals surface area contributed by atoms with Gasteiger partial charge in [-0.05, 0) is 69.8 Å². The second-order valence-corrected chi connectivity index (χ2v) is 17.0. The van der Waals surface area contributed by atoms with Gasteiger partial charge in [0.2, 0.25) is 10.0 Å². The number of aliphatic hydroxyl groups is 1. The van der Waals surface area contributed by atoms with Crippen LogP contribution in [0.1, 0.15) is 63.4 Å². The van der Waals surface area contributed by atoms with Crippen LogP contribution in [0.5, 0.6) is 0 Å². The number of aliphatic hydroxyl groups excluding tert-OH is 1. The highest BCUT2D eigenvalue weighted by atomic mass is 32.2. The zero-order chi connectivity index (χ0) is 31.9. The van der Waals surface area contributed by atoms with Crippen LogP contribution in [0.25, 0.3) is 11.4 Å². The number of nitrogens with zero attached hydrogens (tertiary/aromatic N) is 6. The summed E-state index contributed by atoms with van der Waals surface area (Å²) in [4.78, 5) is 13.5. The molecule has 244 valence electrons. The zero-order valence-electron chi connectivity index (χ0n) is 25.4. The lowest BCUT2D eigenvalue weighted by Crippen LogP contribution is -2.31. The van der Waals surface area contributed by atoms with Crippen molar-refractivity contribution < 1.29 is 21.9 Å². The molecule has 7 rings (SSSR count). The standard InChI is InChI=1S/C31H38N8O5S2/c40-20-22-2-5-25(6-3-22)35-28-15-30(33-16-23(28)4-1-21-12-14-38(18-21)45(41,42)26-7-8-26)36-29-11-13-32-31(37-29)24-17-34-39(19-24)46(43,44)27-9-10-27/h11,13,15-17,19,21-22,25-27,40H,2-3,5-10,12,14,18,20H2,(H2,32,33,35,36,37). The summed E-state index contributed by atoms with van der Waals surface area (Å²) in [5.41, 5.74) is 2.03. The molecule has 0 spiro atoms. The Bertz CT molecular complexity index is 1870. The van der Waals surface area contributed by atoms with E-state index in [0.717, 1.165) is 53.9 Å². The van der Waals surface area contributed by atoms with Gasteiger partial charge in [0, 0.05) is 50.1 Å². The zero-order valence-corrected chi connectivity index (χ0v) is 27.0. The van der Waals surface area contributed by atoms with Crippen LogP contribution in [-0.4, -0.2) is 86.6 Å². The van der Waals surface area contributed by atoms with Crippen molar-refractivity contribution in [2.24, 2.45) is 11.8 Å². The number of hydrogen-bond acceptors (Lipinski definition) is 11. The minimum absolute atomic E-state index is 0.0396. The Hall–Kier alpha value is -3.58. The molecule has 0 amide bonds. The molecule has 4 aliphatic rings. The molecule has 3 aromatic rings. The van der Waals surface area contributed by atoms with Crippen molar-refractivity contribution in [3.05, 3.63) is 42.5 Å². The summed E-state index contributed by atoms with van der Waals surface area (Å²) >= 11 is 0. The van der Waals surface area contributed by atoms with Gasteiger partial charge in [-0.1, -0.05) is 11.8 Å². The lowest BCUT2D eigenvalue weighted by Gasteiger charge is -2.29. The van der Waals surface area contributed by atoms with E-state index in [1.54, 1.807) is 22.8 Å². The van der Waals surface area contributed by atoms with E-state index in [1.807, 2.05) is 6.07 Å². The first kappa shape index (κ1) is 31.0. The molecule has 4 heterocycles. The minimum atomic E-state index is -3.49. The molecule has 1 saturated heterocycles. The first-order valence-electron chi connectivity index (χ1n) is 16.0. The monoisotopic (exact) mass is 666 g/mol. The molecule has 1 unspecified atom stereocenters. The molecule has 0 bridgehead atoms. The van der Waals surface area contributed by atoms with Crippen molar-refractivity contribution in [3.8, 4) is 23.2 Å². The molecule has 3 aromatic heterocycles. The van der Waals surface area contributed by atoms with E-state index in [4.69, 9.17) is 0 Å². The molecule has 46 heavy (non-hydrogen) atoms. The normalized spacial score (nSPS) is 23.9. The van der Waals surface area contributed by atoms with Gasteiger partial charge in [0.1, 0.15) is 11.6 Å². The maximum Gasteiger partial charge on any atom is 0.256 e. The third kappa shape index (κ3) is 6.76. The molecule has 0 aromatic carbocycles. The van der Waals surface area contributed by atoms with Gasteiger partial charge in [0.05, 0.1) is 39.7 Å². The van der Waals surface area contributed by atoms with Gasteiger partial charge < -0.3 is 15.7 Å². The van der Waals surface area contributed by atoms with Gasteiger partial charge in [-0.2, -0.15) is 9.19 Å². The van der Waals surface area contributed by atoms with E-state index in [0.29, 0.717) is 61.3 Å². The summed E-state index contributed by atoms with van der Waals surface area (Å²) in [7, 11) is -6.70. The van der Waals surface area contributed by atoms with E-state index in [2.05, 4.69) is 42.5 Å². The van der Waals surface area contributed by atoms with Crippen LogP contribution in [0.15, 0.2) is 36.9 Å². The first-order valence-corrected chi connectivity index (χ1v) is 19.0. The maximum atomic E-state index is 12.7. The Morgan fingerprint density at radius 2 is 1.67 bits per heavy atom. The maximum absolute atomic E-state index is 12.7. The van der Waals surface area contributed by atoms with Gasteiger partial charge in [-0.3, -0.25) is 0 Å². The average Bonchev–Trinajstić information content (AvgIpc) is 3.99. The molecule has 0 radical (unpaired) electrons. The first-order chi connectivity index (χ1) is 22.2. The number of nitrogens with one attached hydrogen (secondary N) is 2. The van der Waals surface area contributed by atoms with Crippen LogP contribution in [-0.2, 0) is 20.0 Å². The summed E-state index contributed by atoms with van der Waals surface area (Å²) in [6, 6.07) is 3.82. The highest BCUT2D eigenvalue weighted by Crippen LogP contribution is 2.34. The predicted octanol–water partition coefficient (Wildman–Crippen LogP) is 2.95. The molecule has 1 aliphatic heterocycles. The van der Waals surface area contributed by atoms with Crippen LogP contribution in [0.4, 0.5) is 17.3 Å². The van der Waals surface area contributed by atoms with Gasteiger partial charge in [0.25, 0.3) is 10.0 Å². The van der Waals surface area contributed by atoms with Crippen LogP contribution in [0.3, 0.4) is 0 Å². The van der Waals surface area contributed by atoms with E-state index in [1.165, 1.54) is 12.4 Å². The van der Waals surface area contributed by atoms with Crippen LogP contribution in [0, 0.1) is 23.7 Å². The quantitative estimate of drug-likeness (QED) is 0.272. The fraction of sp³-hybridized carbons (Fsp3) is 0.548. The van der Waals surface area contributed by atoms with Crippen LogP contribution < -0.4 is 10.6 Å². The summed E-state index contributed by atoms with van der Waals surface area (Å²) in [6.45, 7) is 1.14. The van der Waals surface area contributed by atoms with E-state index < -0.39 is 20.0 Å². The predicted molar refractivity (Wildman–Crippen MR) is 173 cm³/mol. The second kappa shape index (κ2) is 12.6. The van der Waals surface area contributed by atoms with Gasteiger partial charge in [-0.15, -0.1) is 0 Å². The molecule has 13 nitrogen and oxygen atoms in total. The molecular formula is C31H38N8O5S2. The smallest absolute Gasteiger partial charge is 0.256 e. The van der Waals surface area contributed by atoms with Crippen molar-refractivity contribution in [2.45, 2.75) is 74.3 Å². The third-order valence-electron chi connectivity index (χ3n) is 9.17. The van der Waals surface area contributed by atoms with Gasteiger partial charge in [-0.25, -0.2) is 36.1 Å². The largest absolute Gasteiger partial charge is 0.396 e. The fourth-order valence-electron chi connectivity index (χ4n) is 6.06. The van der Waals surface area contributed by atoms with Crippen molar-refractivity contribution >= 4 is 37.4 Å². The van der Waals surface area contributed by atoms with Crippen molar-refractivity contribution in [3.63, 3.8) is 0 Å². The Labute approximate surface area is 269 Å². The molecule has 3 saturated carbocycles.